The zero-order valence-corrected chi connectivity index (χ0v) is 15.8. The maximum absolute atomic E-state index is 12.7. The van der Waals surface area contributed by atoms with Crippen molar-refractivity contribution in [2.24, 2.45) is 0 Å². The summed E-state index contributed by atoms with van der Waals surface area (Å²) in [7, 11) is 0. The summed E-state index contributed by atoms with van der Waals surface area (Å²) < 4.78 is 43.3. The molecule has 2 fully saturated rings. The SMILES string of the molecule is FC(F)(F)c1ccc(-c2noc(CN3CCN(C4CCCCC4)CC3)n2)cc1. The minimum absolute atomic E-state index is 0.324. The van der Waals surface area contributed by atoms with Crippen molar-refractivity contribution in [1.82, 2.24) is 19.9 Å². The number of nitrogens with zero attached hydrogens (tertiary/aromatic N) is 4. The van der Waals surface area contributed by atoms with E-state index in [1.54, 1.807) is 0 Å². The second-order valence-corrected chi connectivity index (χ2v) is 7.69. The summed E-state index contributed by atoms with van der Waals surface area (Å²) in [6, 6.07) is 5.57. The molecule has 1 saturated heterocycles. The number of hydrogen-bond acceptors (Lipinski definition) is 5. The van der Waals surface area contributed by atoms with Crippen LogP contribution in [0, 0.1) is 0 Å². The van der Waals surface area contributed by atoms with Crippen molar-refractivity contribution in [2.75, 3.05) is 26.2 Å². The number of hydrogen-bond donors (Lipinski definition) is 0. The van der Waals surface area contributed by atoms with E-state index < -0.39 is 11.7 Å². The highest BCUT2D eigenvalue weighted by molar-refractivity contribution is 5.54. The minimum Gasteiger partial charge on any atom is -0.338 e. The van der Waals surface area contributed by atoms with Crippen LogP contribution in [0.2, 0.25) is 0 Å². The van der Waals surface area contributed by atoms with E-state index in [2.05, 4.69) is 19.9 Å². The molecule has 0 radical (unpaired) electrons. The van der Waals surface area contributed by atoms with E-state index in [1.165, 1.54) is 44.2 Å². The second kappa shape index (κ2) is 8.21. The van der Waals surface area contributed by atoms with E-state index >= 15 is 0 Å². The van der Waals surface area contributed by atoms with Gasteiger partial charge in [0.05, 0.1) is 12.1 Å². The molecule has 0 bridgehead atoms. The smallest absolute Gasteiger partial charge is 0.338 e. The van der Waals surface area contributed by atoms with E-state index in [1.807, 2.05) is 0 Å². The largest absolute Gasteiger partial charge is 0.416 e. The highest BCUT2D eigenvalue weighted by atomic mass is 19.4. The fourth-order valence-electron chi connectivity index (χ4n) is 4.17. The molecule has 1 aromatic heterocycles. The van der Waals surface area contributed by atoms with Crippen LogP contribution in [0.4, 0.5) is 13.2 Å². The molecule has 0 atom stereocenters. The molecule has 0 spiro atoms. The Morgan fingerprint density at radius 2 is 1.64 bits per heavy atom. The van der Waals surface area contributed by atoms with Crippen LogP contribution >= 0.6 is 0 Å². The van der Waals surface area contributed by atoms with Crippen molar-refractivity contribution < 1.29 is 17.7 Å². The average Bonchev–Trinajstić information content (AvgIpc) is 3.17. The van der Waals surface area contributed by atoms with Crippen LogP contribution in [0.1, 0.15) is 43.6 Å². The van der Waals surface area contributed by atoms with Crippen molar-refractivity contribution in [2.45, 2.75) is 50.9 Å². The topological polar surface area (TPSA) is 45.4 Å². The number of piperazine rings is 1. The molecule has 0 N–H and O–H groups in total. The zero-order valence-electron chi connectivity index (χ0n) is 15.8. The average molecular weight is 394 g/mol. The Hall–Kier alpha value is -1.93. The predicted molar refractivity (Wildman–Crippen MR) is 98.5 cm³/mol. The Balaban J connectivity index is 1.31. The lowest BCUT2D eigenvalue weighted by atomic mass is 9.94. The summed E-state index contributed by atoms with van der Waals surface area (Å²) in [6.07, 6.45) is 2.36. The monoisotopic (exact) mass is 394 g/mol. The molecule has 1 saturated carbocycles. The van der Waals surface area contributed by atoms with Gasteiger partial charge in [-0.25, -0.2) is 0 Å². The number of aromatic nitrogens is 2. The first-order chi connectivity index (χ1) is 13.5. The lowest BCUT2D eigenvalue weighted by Crippen LogP contribution is -2.50. The number of alkyl halides is 3. The van der Waals surface area contributed by atoms with Gasteiger partial charge in [-0.2, -0.15) is 18.2 Å². The molecule has 2 heterocycles. The standard InChI is InChI=1S/C20H25F3N4O/c21-20(22,23)16-8-6-15(7-9-16)19-24-18(28-25-19)14-26-10-12-27(13-11-26)17-4-2-1-3-5-17/h6-9,17H,1-5,10-14H2. The first-order valence-corrected chi connectivity index (χ1v) is 9.96. The van der Waals surface area contributed by atoms with Gasteiger partial charge in [-0.05, 0) is 25.0 Å². The highest BCUT2D eigenvalue weighted by Gasteiger charge is 2.30. The van der Waals surface area contributed by atoms with Gasteiger partial charge in [-0.15, -0.1) is 0 Å². The van der Waals surface area contributed by atoms with Gasteiger partial charge >= 0.3 is 6.18 Å². The van der Waals surface area contributed by atoms with Crippen molar-refractivity contribution in [3.05, 3.63) is 35.7 Å². The van der Waals surface area contributed by atoms with Gasteiger partial charge in [0.2, 0.25) is 11.7 Å². The summed E-state index contributed by atoms with van der Waals surface area (Å²) in [5, 5.41) is 3.93. The summed E-state index contributed by atoms with van der Waals surface area (Å²) in [4.78, 5) is 9.26. The molecule has 4 rings (SSSR count). The Morgan fingerprint density at radius 3 is 2.29 bits per heavy atom. The second-order valence-electron chi connectivity index (χ2n) is 7.69. The minimum atomic E-state index is -4.35. The Morgan fingerprint density at radius 1 is 0.964 bits per heavy atom. The summed E-state index contributed by atoms with van der Waals surface area (Å²) >= 11 is 0. The van der Waals surface area contributed by atoms with Crippen LogP contribution in [0.5, 0.6) is 0 Å². The lowest BCUT2D eigenvalue weighted by molar-refractivity contribution is -0.137. The first-order valence-electron chi connectivity index (χ1n) is 9.96. The molecule has 152 valence electrons. The van der Waals surface area contributed by atoms with Crippen LogP contribution in [0.3, 0.4) is 0 Å². The third-order valence-electron chi connectivity index (χ3n) is 5.80. The Labute approximate surface area is 162 Å². The normalized spacial score (nSPS) is 20.5. The van der Waals surface area contributed by atoms with Gasteiger partial charge < -0.3 is 4.52 Å². The summed E-state index contributed by atoms with van der Waals surface area (Å²) in [5.74, 6) is 0.825. The van der Waals surface area contributed by atoms with Crippen LogP contribution in [0.15, 0.2) is 28.8 Å². The molecule has 5 nitrogen and oxygen atoms in total. The van der Waals surface area contributed by atoms with Crippen LogP contribution in [-0.4, -0.2) is 52.2 Å². The van der Waals surface area contributed by atoms with Gasteiger partial charge in [0.1, 0.15) is 0 Å². The molecule has 1 aliphatic heterocycles. The third kappa shape index (κ3) is 4.55. The predicted octanol–water partition coefficient (Wildman–Crippen LogP) is 4.21. The molecule has 28 heavy (non-hydrogen) atoms. The molecule has 2 aliphatic rings. The van der Waals surface area contributed by atoms with Gasteiger partial charge in [0, 0.05) is 37.8 Å². The molecular weight excluding hydrogens is 369 g/mol. The van der Waals surface area contributed by atoms with E-state index in [-0.39, 0.29) is 0 Å². The maximum Gasteiger partial charge on any atom is 0.416 e. The van der Waals surface area contributed by atoms with Crippen LogP contribution in [0.25, 0.3) is 11.4 Å². The highest BCUT2D eigenvalue weighted by Crippen LogP contribution is 2.30. The van der Waals surface area contributed by atoms with Crippen LogP contribution < -0.4 is 0 Å². The molecule has 1 aliphatic carbocycles. The fraction of sp³-hybridized carbons (Fsp3) is 0.600. The zero-order chi connectivity index (χ0) is 19.6. The van der Waals surface area contributed by atoms with Gasteiger partial charge in [0.25, 0.3) is 0 Å². The van der Waals surface area contributed by atoms with Crippen LogP contribution in [-0.2, 0) is 12.7 Å². The molecule has 0 amide bonds. The van der Waals surface area contributed by atoms with E-state index in [0.29, 0.717) is 23.8 Å². The van der Waals surface area contributed by atoms with Crippen molar-refractivity contribution in [1.29, 1.82) is 0 Å². The molecular formula is C20H25F3N4O. The Bertz CT molecular complexity index is 761. The van der Waals surface area contributed by atoms with Crippen molar-refractivity contribution in [3.63, 3.8) is 0 Å². The number of halogens is 3. The Kier molecular flexibility index (Phi) is 5.68. The number of rotatable bonds is 4. The van der Waals surface area contributed by atoms with Crippen molar-refractivity contribution >= 4 is 0 Å². The molecule has 2 aromatic rings. The fourth-order valence-corrected chi connectivity index (χ4v) is 4.17. The third-order valence-corrected chi connectivity index (χ3v) is 5.80. The van der Waals surface area contributed by atoms with E-state index in [9.17, 15) is 13.2 Å². The summed E-state index contributed by atoms with van der Waals surface area (Å²) in [5.41, 5.74) is -0.166. The molecule has 1 aromatic carbocycles. The first kappa shape index (κ1) is 19.4. The maximum atomic E-state index is 12.7. The lowest BCUT2D eigenvalue weighted by Gasteiger charge is -2.40. The van der Waals surface area contributed by atoms with Gasteiger partial charge in [0.15, 0.2) is 0 Å². The molecule has 8 heteroatoms. The summed E-state index contributed by atoms with van der Waals surface area (Å²) in [6.45, 7) is 4.63. The molecule has 0 unspecified atom stereocenters. The quantitative estimate of drug-likeness (QED) is 0.778. The number of benzene rings is 1. The van der Waals surface area contributed by atoms with E-state index in [4.69, 9.17) is 4.52 Å². The van der Waals surface area contributed by atoms with Crippen molar-refractivity contribution in [3.8, 4) is 11.4 Å². The van der Waals surface area contributed by atoms with Gasteiger partial charge in [-0.3, -0.25) is 9.80 Å². The van der Waals surface area contributed by atoms with E-state index in [0.717, 1.165) is 44.4 Å². The van der Waals surface area contributed by atoms with Gasteiger partial charge in [-0.1, -0.05) is 36.6 Å².